The zero-order chi connectivity index (χ0) is 33.7. The van der Waals surface area contributed by atoms with E-state index in [0.29, 0.717) is 0 Å². The summed E-state index contributed by atoms with van der Waals surface area (Å²) in [7, 11) is -1.71. The SMILES string of the molecule is CC1(C)OB(O)c2c1cc(F)c(CC(=O)[C@@H](Cc1ccc(C(F)(F)F)cc1)NC(=O)[C@@H](N)CCC(=O)N(CCN)CCN)c2F. The lowest BCUT2D eigenvalue weighted by Gasteiger charge is -2.23. The highest BCUT2D eigenvalue weighted by molar-refractivity contribution is 6.62. The zero-order valence-corrected chi connectivity index (χ0v) is 24.9. The summed E-state index contributed by atoms with van der Waals surface area (Å²) < 4.78 is 75.1. The molecule has 2 amide bonds. The second-order valence-electron chi connectivity index (χ2n) is 11.3. The zero-order valence-electron chi connectivity index (χ0n) is 24.9. The van der Waals surface area contributed by atoms with Gasteiger partial charge in [-0.2, -0.15) is 13.2 Å². The van der Waals surface area contributed by atoms with Crippen molar-refractivity contribution in [2.75, 3.05) is 26.2 Å². The van der Waals surface area contributed by atoms with Crippen molar-refractivity contribution in [3.8, 4) is 0 Å². The number of fused-ring (bicyclic) bond motifs is 1. The first-order valence-corrected chi connectivity index (χ1v) is 14.3. The van der Waals surface area contributed by atoms with Gasteiger partial charge in [-0.05, 0) is 56.0 Å². The average molecular weight is 641 g/mol. The van der Waals surface area contributed by atoms with Gasteiger partial charge in [0.05, 0.1) is 23.2 Å². The van der Waals surface area contributed by atoms with Crippen LogP contribution in [-0.2, 0) is 43.7 Å². The van der Waals surface area contributed by atoms with Crippen molar-refractivity contribution in [3.63, 3.8) is 0 Å². The number of Topliss-reactive ketones (excluding diaryl/α,β-unsaturated/α-hetero) is 1. The molecule has 16 heteroatoms. The molecule has 2 aromatic rings. The van der Waals surface area contributed by atoms with Crippen LogP contribution in [0.3, 0.4) is 0 Å². The van der Waals surface area contributed by atoms with E-state index in [1.54, 1.807) is 0 Å². The van der Waals surface area contributed by atoms with E-state index in [1.807, 2.05) is 0 Å². The maximum atomic E-state index is 15.5. The molecular weight excluding hydrogens is 604 g/mol. The third-order valence-electron chi connectivity index (χ3n) is 7.59. The molecule has 10 nitrogen and oxygen atoms in total. The van der Waals surface area contributed by atoms with E-state index in [0.717, 1.165) is 30.3 Å². The summed E-state index contributed by atoms with van der Waals surface area (Å²) in [5.74, 6) is -4.36. The Balaban J connectivity index is 1.83. The van der Waals surface area contributed by atoms with Crippen LogP contribution in [0.15, 0.2) is 30.3 Å². The molecule has 8 N–H and O–H groups in total. The predicted octanol–water partition coefficient (Wildman–Crippen LogP) is 0.629. The second kappa shape index (κ2) is 14.8. The maximum Gasteiger partial charge on any atom is 0.495 e. The van der Waals surface area contributed by atoms with Gasteiger partial charge in [0.15, 0.2) is 5.78 Å². The maximum absolute atomic E-state index is 15.5. The number of benzene rings is 2. The monoisotopic (exact) mass is 641 g/mol. The normalized spacial score (nSPS) is 15.4. The largest absolute Gasteiger partial charge is 0.495 e. The number of halogens is 5. The lowest BCUT2D eigenvalue weighted by molar-refractivity contribution is -0.137. The van der Waals surface area contributed by atoms with Gasteiger partial charge in [0.25, 0.3) is 0 Å². The summed E-state index contributed by atoms with van der Waals surface area (Å²) in [6.07, 6.45) is -6.08. The Hall–Kier alpha value is -3.44. The molecule has 1 aliphatic heterocycles. The Morgan fingerprint density at radius 2 is 1.69 bits per heavy atom. The third kappa shape index (κ3) is 8.85. The Morgan fingerprint density at radius 3 is 2.24 bits per heavy atom. The van der Waals surface area contributed by atoms with Crippen LogP contribution in [0, 0.1) is 11.6 Å². The molecule has 0 saturated heterocycles. The smallest absolute Gasteiger partial charge is 0.423 e. The van der Waals surface area contributed by atoms with E-state index in [4.69, 9.17) is 21.9 Å². The van der Waals surface area contributed by atoms with E-state index in [-0.39, 0.29) is 67.9 Å². The van der Waals surface area contributed by atoms with Crippen LogP contribution in [-0.4, -0.2) is 72.9 Å². The number of hydrogen-bond acceptors (Lipinski definition) is 8. The van der Waals surface area contributed by atoms with Crippen molar-refractivity contribution in [1.82, 2.24) is 10.2 Å². The number of alkyl halides is 3. The number of hydrogen-bond donors (Lipinski definition) is 5. The van der Waals surface area contributed by atoms with E-state index >= 15 is 8.78 Å². The summed E-state index contributed by atoms with van der Waals surface area (Å²) in [5.41, 5.74) is 14.2. The quantitative estimate of drug-likeness (QED) is 0.148. The van der Waals surface area contributed by atoms with Gasteiger partial charge in [0, 0.05) is 50.0 Å². The van der Waals surface area contributed by atoms with Gasteiger partial charge in [-0.3, -0.25) is 14.4 Å². The molecule has 0 unspecified atom stereocenters. The Kier molecular flexibility index (Phi) is 11.8. The fourth-order valence-electron chi connectivity index (χ4n) is 5.11. The average Bonchev–Trinajstić information content (AvgIpc) is 3.19. The molecule has 1 heterocycles. The number of nitrogens with one attached hydrogen (secondary N) is 1. The summed E-state index contributed by atoms with van der Waals surface area (Å²) in [5, 5.41) is 12.7. The fraction of sp³-hybridized carbons (Fsp3) is 0.483. The Morgan fingerprint density at radius 1 is 1.09 bits per heavy atom. The van der Waals surface area contributed by atoms with Crippen molar-refractivity contribution in [3.05, 3.63) is 64.2 Å². The lowest BCUT2D eigenvalue weighted by Crippen LogP contribution is -2.50. The van der Waals surface area contributed by atoms with Crippen LogP contribution < -0.4 is 28.0 Å². The van der Waals surface area contributed by atoms with Crippen LogP contribution in [0.5, 0.6) is 0 Å². The van der Waals surface area contributed by atoms with E-state index in [1.165, 1.54) is 18.7 Å². The first kappa shape index (κ1) is 36.0. The number of rotatable bonds is 14. The number of nitrogens with zero attached hydrogens (tertiary/aromatic N) is 1. The minimum atomic E-state index is -4.61. The summed E-state index contributed by atoms with van der Waals surface area (Å²) in [6.45, 7) is 3.90. The van der Waals surface area contributed by atoms with E-state index in [9.17, 15) is 32.6 Å². The number of nitrogens with two attached hydrogens (primary N) is 3. The van der Waals surface area contributed by atoms with Crippen molar-refractivity contribution in [2.24, 2.45) is 17.2 Å². The minimum Gasteiger partial charge on any atom is -0.423 e. The highest BCUT2D eigenvalue weighted by atomic mass is 19.4. The fourth-order valence-corrected chi connectivity index (χ4v) is 5.11. The lowest BCUT2D eigenvalue weighted by atomic mass is 9.76. The summed E-state index contributed by atoms with van der Waals surface area (Å²) >= 11 is 0. The van der Waals surface area contributed by atoms with Crippen LogP contribution in [0.2, 0.25) is 0 Å². The van der Waals surface area contributed by atoms with Crippen LogP contribution >= 0.6 is 0 Å². The van der Waals surface area contributed by atoms with E-state index < -0.39 is 71.9 Å². The second-order valence-corrected chi connectivity index (χ2v) is 11.3. The highest BCUT2D eigenvalue weighted by Crippen LogP contribution is 2.33. The number of carbonyl (C=O) groups is 3. The standard InChI is InChI=1S/C29H37BF5N5O5/c1-28(2)19-15-20(31)18(26(32)25(19)30(44)45-28)14-23(41)22(13-16-3-5-17(6-4-16)29(33,34)35)39-27(43)21(38)7-8-24(42)40(11-9-36)12-10-37/h3-6,15,21-22,44H,7-14,36-38H2,1-2H3,(H,39,43)/t21-,22+/m0/s1. The number of ketones is 1. The minimum absolute atomic E-state index is 0.0628. The number of amides is 2. The van der Waals surface area contributed by atoms with Crippen LogP contribution in [0.25, 0.3) is 0 Å². The van der Waals surface area contributed by atoms with Crippen molar-refractivity contribution >= 4 is 30.2 Å². The Labute approximate surface area is 257 Å². The van der Waals surface area contributed by atoms with E-state index in [2.05, 4.69) is 5.32 Å². The molecule has 0 radical (unpaired) electrons. The van der Waals surface area contributed by atoms with Crippen molar-refractivity contribution < 1.29 is 46.0 Å². The van der Waals surface area contributed by atoms with Crippen molar-refractivity contribution in [1.29, 1.82) is 0 Å². The Bertz CT molecular complexity index is 1390. The van der Waals surface area contributed by atoms with Crippen LogP contribution in [0.4, 0.5) is 22.0 Å². The van der Waals surface area contributed by atoms with Gasteiger partial charge >= 0.3 is 13.3 Å². The highest BCUT2D eigenvalue weighted by Gasteiger charge is 2.44. The topological polar surface area (TPSA) is 174 Å². The molecule has 0 fully saturated rings. The van der Waals surface area contributed by atoms with Crippen LogP contribution in [0.1, 0.15) is 48.9 Å². The van der Waals surface area contributed by atoms with Gasteiger partial charge in [-0.15, -0.1) is 0 Å². The summed E-state index contributed by atoms with van der Waals surface area (Å²) in [4.78, 5) is 40.4. The molecule has 0 spiro atoms. The predicted molar refractivity (Wildman–Crippen MR) is 156 cm³/mol. The molecule has 246 valence electrons. The molecule has 0 bridgehead atoms. The van der Waals surface area contributed by atoms with Gasteiger partial charge in [0.1, 0.15) is 11.6 Å². The molecule has 0 saturated carbocycles. The van der Waals surface area contributed by atoms with Gasteiger partial charge in [-0.25, -0.2) is 8.78 Å². The molecule has 2 atom stereocenters. The summed E-state index contributed by atoms with van der Waals surface area (Å²) in [6, 6.07) is 2.05. The third-order valence-corrected chi connectivity index (χ3v) is 7.59. The first-order chi connectivity index (χ1) is 21.0. The molecule has 1 aliphatic rings. The first-order valence-electron chi connectivity index (χ1n) is 14.3. The molecule has 0 aliphatic carbocycles. The molecule has 2 aromatic carbocycles. The van der Waals surface area contributed by atoms with Gasteiger partial charge in [-0.1, -0.05) is 12.1 Å². The van der Waals surface area contributed by atoms with Gasteiger partial charge < -0.3 is 37.1 Å². The molecule has 45 heavy (non-hydrogen) atoms. The van der Waals surface area contributed by atoms with Crippen molar-refractivity contribution in [2.45, 2.75) is 63.4 Å². The number of carbonyl (C=O) groups excluding carboxylic acids is 3. The molecular formula is C29H37BF5N5O5. The molecule has 3 rings (SSSR count). The molecule has 0 aromatic heterocycles. The van der Waals surface area contributed by atoms with Gasteiger partial charge in [0.2, 0.25) is 11.8 Å².